The third-order valence-corrected chi connectivity index (χ3v) is 27.2. The molecule has 0 radical (unpaired) electrons. The van der Waals surface area contributed by atoms with Gasteiger partial charge in [-0.25, -0.2) is 9.59 Å². The fourth-order valence-corrected chi connectivity index (χ4v) is 22.9. The first-order valence-corrected chi connectivity index (χ1v) is 41.5. The maximum absolute atomic E-state index is 15.5. The summed E-state index contributed by atoms with van der Waals surface area (Å²) in [7, 11) is 11.8. The van der Waals surface area contributed by atoms with Crippen molar-refractivity contribution in [1.29, 1.82) is 0 Å². The molecule has 2 bridgehead atoms. The van der Waals surface area contributed by atoms with Gasteiger partial charge < -0.3 is 67.6 Å². The number of benzene rings is 5. The number of nitrogens with zero attached hydrogens (tertiary/aromatic N) is 5. The first kappa shape index (κ1) is 88.5. The Morgan fingerprint density at radius 2 is 1.07 bits per heavy atom. The zero-order valence-electron chi connectivity index (χ0n) is 71.5. The summed E-state index contributed by atoms with van der Waals surface area (Å²) in [6.45, 7) is 15.5. The Hall–Kier alpha value is -12.3. The van der Waals surface area contributed by atoms with E-state index >= 15 is 4.79 Å². The van der Waals surface area contributed by atoms with Gasteiger partial charge in [0.05, 0.1) is 58.8 Å². The number of carbonyl (C=O) groups excluding carboxylic acids is 5. The van der Waals surface area contributed by atoms with E-state index in [1.165, 1.54) is 26.5 Å². The van der Waals surface area contributed by atoms with Crippen LogP contribution in [0.5, 0.6) is 23.0 Å². The number of hydrogen-bond donors (Lipinski definition) is 3. The fourth-order valence-electron chi connectivity index (χ4n) is 22.9. The largest absolute Gasteiger partial charge is 0.497 e. The molecule has 15 atom stereocenters. The molecule has 123 heavy (non-hydrogen) atoms. The van der Waals surface area contributed by atoms with Crippen LogP contribution in [0, 0.1) is 100 Å². The molecule has 3 N–H and O–H groups in total. The van der Waals surface area contributed by atoms with Crippen molar-refractivity contribution in [3.05, 3.63) is 178 Å². The summed E-state index contributed by atoms with van der Waals surface area (Å²) in [5.74, 6) is 31.8. The number of rotatable bonds is 17. The summed E-state index contributed by atoms with van der Waals surface area (Å²) in [4.78, 5) is 84.1. The lowest BCUT2D eigenvalue weighted by Gasteiger charge is -2.64. The first-order valence-electron chi connectivity index (χ1n) is 41.5. The first-order chi connectivity index (χ1) is 58.9. The zero-order chi connectivity index (χ0) is 86.7. The molecular formula is C101H108N6O16. The summed E-state index contributed by atoms with van der Waals surface area (Å²) in [6, 6.07) is 30.3. The van der Waals surface area contributed by atoms with Crippen molar-refractivity contribution >= 4 is 52.1 Å². The van der Waals surface area contributed by atoms with E-state index in [2.05, 4.69) is 188 Å². The molecule has 8 aliphatic heterocycles. The number of aromatic amines is 1. The van der Waals surface area contributed by atoms with Gasteiger partial charge in [-0.05, 0) is 225 Å². The molecule has 22 nitrogen and oxygen atoms in total. The van der Waals surface area contributed by atoms with Crippen LogP contribution in [-0.2, 0) is 60.7 Å². The van der Waals surface area contributed by atoms with E-state index in [0.717, 1.165) is 102 Å². The van der Waals surface area contributed by atoms with Crippen molar-refractivity contribution in [3.8, 4) is 106 Å². The number of likely N-dealkylation sites (N-methyl/N-ethyl adjacent to an activating group) is 2. The highest BCUT2D eigenvalue weighted by Crippen LogP contribution is 2.70. The van der Waals surface area contributed by atoms with Crippen LogP contribution < -0.4 is 28.7 Å². The lowest BCUT2D eigenvalue weighted by molar-refractivity contribution is -0.228. The molecule has 5 aromatic carbocycles. The van der Waals surface area contributed by atoms with Crippen LogP contribution in [0.2, 0.25) is 0 Å². The highest BCUT2D eigenvalue weighted by Gasteiger charge is 2.80. The molecule has 0 amide bonds. The Balaban J connectivity index is 0.000000193. The average Bonchev–Trinajstić information content (AvgIpc) is 1.50. The Kier molecular flexibility index (Phi) is 25.9. The predicted molar refractivity (Wildman–Crippen MR) is 471 cm³/mol. The number of carbonyl (C=O) groups is 5. The third-order valence-electron chi connectivity index (χ3n) is 27.2. The van der Waals surface area contributed by atoms with E-state index in [1.807, 2.05) is 38.4 Å². The van der Waals surface area contributed by atoms with Gasteiger partial charge in [0.15, 0.2) is 11.2 Å². The number of methoxy groups -OCH3 is 5. The van der Waals surface area contributed by atoms with E-state index in [0.29, 0.717) is 72.7 Å². The lowest BCUT2D eigenvalue weighted by Crippen LogP contribution is -2.80. The van der Waals surface area contributed by atoms with Crippen LogP contribution in [0.3, 0.4) is 0 Å². The standard InChI is InChI=1S/C53H62N4O9.C32H38N2O7.C15H4.CH4/c1-8-33-25-34-28-52(49(60)64-7,44-38(19-23-56(29-33)30-34)37-13-10-11-14-41(37)54-44)40-26-39-42(27-43(40)63-6)55(4)47-51(39)21-24-57-22-12-20-50(9-2,46(51)57)48(66-32(3)58)53(47,61)31-65-45(59)35-15-17-36(62-5)18-16-35;1-6-30-14-7-16-34-17-15-31(27(30)34)24-13-12-23(39-5)18-25(24)33(3)28(31)32(37,29(30)41-20(2)35)19-40-26(36)21-8-10-22(38-4)11-9-21;1-3-5-7-9-11-13-15-14-12-10-8-6-4-2;/h10-18,20,25-27,34,46-48,54,61H,8-9,19,21-24,28-31H2,1-7H3;7-14,18,27-29,37H,6,15-17,19H2,1-5H3;1H,2H3;1H4/t34-,46?,47+,48+,50+,51+,52-,53-;27?,28-,29-,30-,31-,32+;;/m01../s1. The second kappa shape index (κ2) is 36.0. The maximum atomic E-state index is 15.5. The molecule has 2 aliphatic carbocycles. The molecule has 1 aromatic heterocycles. The van der Waals surface area contributed by atoms with Crippen LogP contribution >= 0.6 is 0 Å². The summed E-state index contributed by atoms with van der Waals surface area (Å²) in [5.41, 5.74) is 1.44. The molecule has 6 aromatic rings. The molecule has 9 heterocycles. The average molecular weight is 1660 g/mol. The molecule has 10 aliphatic rings. The Labute approximate surface area is 722 Å². The monoisotopic (exact) mass is 1660 g/mol. The van der Waals surface area contributed by atoms with E-state index in [4.69, 9.17) is 49.1 Å². The maximum Gasteiger partial charge on any atom is 0.338 e. The fraction of sp³-hybridized carbons (Fsp3) is 0.436. The van der Waals surface area contributed by atoms with Gasteiger partial charge in [-0.15, -0.1) is 6.42 Å². The van der Waals surface area contributed by atoms with Crippen molar-refractivity contribution in [2.45, 2.75) is 158 Å². The van der Waals surface area contributed by atoms with E-state index in [1.54, 1.807) is 83.9 Å². The van der Waals surface area contributed by atoms with Gasteiger partial charge in [-0.3, -0.25) is 29.1 Å². The summed E-state index contributed by atoms with van der Waals surface area (Å²) in [5, 5.41) is 28.0. The van der Waals surface area contributed by atoms with Crippen molar-refractivity contribution in [2.75, 3.05) is 118 Å². The van der Waals surface area contributed by atoms with Gasteiger partial charge in [0, 0.05) is 140 Å². The molecule has 4 fully saturated rings. The van der Waals surface area contributed by atoms with Crippen molar-refractivity contribution in [3.63, 3.8) is 0 Å². The second-order valence-electron chi connectivity index (χ2n) is 33.0. The van der Waals surface area contributed by atoms with Gasteiger partial charge in [0.2, 0.25) is 0 Å². The third kappa shape index (κ3) is 15.0. The van der Waals surface area contributed by atoms with Crippen LogP contribution in [-0.4, -0.2) is 216 Å². The molecule has 2 saturated carbocycles. The summed E-state index contributed by atoms with van der Waals surface area (Å²) in [6.07, 6.45) is 18.4. The smallest absolute Gasteiger partial charge is 0.338 e. The number of nitrogens with one attached hydrogen (secondary N) is 1. The van der Waals surface area contributed by atoms with Crippen molar-refractivity contribution in [2.24, 2.45) is 16.7 Å². The topological polar surface area (TPSA) is 241 Å². The molecular weight excluding hydrogens is 1550 g/mol. The van der Waals surface area contributed by atoms with Gasteiger partial charge in [-0.1, -0.05) is 94.3 Å². The molecule has 2 spiro atoms. The minimum absolute atomic E-state index is 0. The molecule has 16 rings (SSSR count). The number of terminal acetylenes is 1. The van der Waals surface area contributed by atoms with E-state index in [-0.39, 0.29) is 38.0 Å². The predicted octanol–water partition coefficient (Wildman–Crippen LogP) is 11.1. The second-order valence-corrected chi connectivity index (χ2v) is 33.0. The van der Waals surface area contributed by atoms with Crippen LogP contribution in [0.1, 0.15) is 136 Å². The van der Waals surface area contributed by atoms with Gasteiger partial charge in [-0.2, -0.15) is 0 Å². The molecule has 22 heteroatoms. The number of aromatic nitrogens is 1. The minimum Gasteiger partial charge on any atom is -0.497 e. The number of H-pyrrole nitrogens is 1. The zero-order valence-corrected chi connectivity index (χ0v) is 71.5. The highest BCUT2D eigenvalue weighted by molar-refractivity contribution is 5.95. The summed E-state index contributed by atoms with van der Waals surface area (Å²) >= 11 is 0. The Bertz CT molecular complexity index is 5670. The molecule has 3 unspecified atom stereocenters. The van der Waals surface area contributed by atoms with Crippen molar-refractivity contribution in [1.82, 2.24) is 19.7 Å². The highest BCUT2D eigenvalue weighted by atomic mass is 16.6. The summed E-state index contributed by atoms with van der Waals surface area (Å²) < 4.78 is 53.3. The van der Waals surface area contributed by atoms with Gasteiger partial charge in [0.1, 0.15) is 53.8 Å². The van der Waals surface area contributed by atoms with E-state index < -0.39 is 93.1 Å². The number of fused-ring (bicyclic) bond motifs is 7. The number of hydrogen-bond acceptors (Lipinski definition) is 21. The molecule has 2 saturated heterocycles. The van der Waals surface area contributed by atoms with Crippen LogP contribution in [0.15, 0.2) is 139 Å². The normalized spacial score (nSPS) is 28.6. The Morgan fingerprint density at radius 1 is 0.577 bits per heavy atom. The van der Waals surface area contributed by atoms with Crippen molar-refractivity contribution < 1.29 is 76.8 Å². The SMILES string of the molecule is C.C#CC#CC#CC#CC#CC#CC#CC.CCC1=C[C@@H]2CN(CCc3c([nH]c4ccccc34)[C@@](C(=O)OC)(c3cc4c(cc3OC)N(C)[C@H]3[C@@](O)(COC(=O)c5ccc(OC)cc5)[C@H](OC(C)=O)[C@]5(CC)C=CCN6CC[C@]43C65)C2)C1.CC[C@]12C=CCN3CC[C@@]4(c5ccc(OC)cc5N(C)[C@H]4[C@@](O)(COC(=O)c4ccc(OC)cc4)[C@@H]1OC(C)=O)C32. The number of aliphatic hydroxyl groups is 2. The Morgan fingerprint density at radius 3 is 1.55 bits per heavy atom. The number of para-hydroxylation sites is 1. The van der Waals surface area contributed by atoms with Crippen LogP contribution in [0.25, 0.3) is 10.9 Å². The minimum atomic E-state index is -1.94. The van der Waals surface area contributed by atoms with Gasteiger partial charge >= 0.3 is 29.8 Å². The number of esters is 5. The molecule has 638 valence electrons. The van der Waals surface area contributed by atoms with E-state index in [9.17, 15) is 29.4 Å². The number of ether oxygens (including phenoxy) is 9. The number of anilines is 2. The van der Waals surface area contributed by atoms with Gasteiger partial charge in [0.25, 0.3) is 0 Å². The lowest BCUT2D eigenvalue weighted by atomic mass is 9.47. The quantitative estimate of drug-likeness (QED) is 0.0333. The van der Waals surface area contributed by atoms with Crippen LogP contribution in [0.4, 0.5) is 11.4 Å².